The van der Waals surface area contributed by atoms with Crippen LogP contribution in [0.2, 0.25) is 0 Å². The van der Waals surface area contributed by atoms with Crippen LogP contribution >= 0.6 is 0 Å². The lowest BCUT2D eigenvalue weighted by molar-refractivity contribution is -0.163. The van der Waals surface area contributed by atoms with Gasteiger partial charge >= 0.3 is 11.9 Å². The Morgan fingerprint density at radius 1 is 1.30 bits per heavy atom. The van der Waals surface area contributed by atoms with Gasteiger partial charge in [-0.3, -0.25) is 9.59 Å². The largest absolute Gasteiger partial charge is 0.458 e. The third-order valence-corrected chi connectivity index (χ3v) is 9.54. The molecule has 0 aromatic rings. The number of carbonyl (C=O) groups is 2. The number of fused-ring (bicyclic) bond motifs is 1. The van der Waals surface area contributed by atoms with Gasteiger partial charge in [-0.2, -0.15) is 5.26 Å². The molecule has 5 heteroatoms. The average Bonchev–Trinajstić information content (AvgIpc) is 3.45. The molecule has 11 atom stereocenters. The molecule has 0 N–H and O–H groups in total. The van der Waals surface area contributed by atoms with Gasteiger partial charge in [-0.15, -0.1) is 0 Å². The molecule has 30 heavy (non-hydrogen) atoms. The highest BCUT2D eigenvalue weighted by Gasteiger charge is 2.72. The normalized spacial score (nSPS) is 51.1. The highest BCUT2D eigenvalue weighted by Crippen LogP contribution is 2.62. The van der Waals surface area contributed by atoms with E-state index >= 15 is 0 Å². The van der Waals surface area contributed by atoms with Gasteiger partial charge in [0, 0.05) is 18.3 Å². The summed E-state index contributed by atoms with van der Waals surface area (Å²) >= 11 is 0. The SMILES string of the molecule is CC1CC(CC(=O)OC2C3CC4C2OC(=O)C4(C#N)C3)C(C)C(C2C=CCC2)C1C. The average molecular weight is 412 g/mol. The Hall–Kier alpha value is -1.83. The molecule has 1 heterocycles. The van der Waals surface area contributed by atoms with Crippen molar-refractivity contribution in [1.29, 1.82) is 5.26 Å². The first-order valence-electron chi connectivity index (χ1n) is 11.8. The Kier molecular flexibility index (Phi) is 4.76. The summed E-state index contributed by atoms with van der Waals surface area (Å²) in [6.07, 6.45) is 9.09. The van der Waals surface area contributed by atoms with E-state index in [1.165, 1.54) is 12.8 Å². The van der Waals surface area contributed by atoms with Crippen LogP contribution in [0.1, 0.15) is 59.3 Å². The fourth-order valence-electron chi connectivity index (χ4n) is 7.81. The number of allylic oxidation sites excluding steroid dienone is 2. The maximum atomic E-state index is 13.0. The molecule has 0 aromatic heterocycles. The quantitative estimate of drug-likeness (QED) is 0.510. The zero-order valence-corrected chi connectivity index (χ0v) is 18.3. The van der Waals surface area contributed by atoms with Crippen LogP contribution in [-0.2, 0) is 19.1 Å². The fourth-order valence-corrected chi connectivity index (χ4v) is 7.81. The van der Waals surface area contributed by atoms with E-state index in [9.17, 15) is 14.9 Å². The molecular formula is C25H33NO4. The van der Waals surface area contributed by atoms with E-state index in [0.717, 1.165) is 12.8 Å². The van der Waals surface area contributed by atoms with Crippen LogP contribution in [-0.4, -0.2) is 24.1 Å². The van der Waals surface area contributed by atoms with Crippen LogP contribution in [0.4, 0.5) is 0 Å². The Morgan fingerprint density at radius 2 is 2.10 bits per heavy atom. The van der Waals surface area contributed by atoms with Gasteiger partial charge in [-0.1, -0.05) is 32.9 Å². The molecule has 0 amide bonds. The second kappa shape index (κ2) is 7.11. The summed E-state index contributed by atoms with van der Waals surface area (Å²) in [4.78, 5) is 25.2. The molecular weight excluding hydrogens is 378 g/mol. The van der Waals surface area contributed by atoms with E-state index in [1.54, 1.807) is 0 Å². The first-order chi connectivity index (χ1) is 14.4. The minimum absolute atomic E-state index is 0.0779. The number of nitrogens with zero attached hydrogens (tertiary/aromatic N) is 1. The van der Waals surface area contributed by atoms with Crippen LogP contribution in [0.25, 0.3) is 0 Å². The van der Waals surface area contributed by atoms with Crippen LogP contribution < -0.4 is 0 Å². The van der Waals surface area contributed by atoms with Crippen molar-refractivity contribution < 1.29 is 19.1 Å². The van der Waals surface area contributed by atoms with Crippen molar-refractivity contribution in [2.24, 2.45) is 52.8 Å². The van der Waals surface area contributed by atoms with Crippen molar-refractivity contribution in [3.05, 3.63) is 12.2 Å². The Bertz CT molecular complexity index is 814. The van der Waals surface area contributed by atoms with Crippen molar-refractivity contribution in [3.63, 3.8) is 0 Å². The third-order valence-electron chi connectivity index (χ3n) is 9.54. The summed E-state index contributed by atoms with van der Waals surface area (Å²) < 4.78 is 11.5. The molecule has 1 aliphatic heterocycles. The topological polar surface area (TPSA) is 76.4 Å². The highest BCUT2D eigenvalue weighted by molar-refractivity contribution is 5.84. The predicted molar refractivity (Wildman–Crippen MR) is 110 cm³/mol. The van der Waals surface area contributed by atoms with Gasteiger partial charge in [0.25, 0.3) is 0 Å². The Labute approximate surface area is 179 Å². The maximum absolute atomic E-state index is 13.0. The second-order valence-electron chi connectivity index (χ2n) is 10.9. The minimum Gasteiger partial charge on any atom is -0.458 e. The lowest BCUT2D eigenvalue weighted by Crippen LogP contribution is -2.42. The second-order valence-corrected chi connectivity index (χ2v) is 10.9. The molecule has 0 spiro atoms. The first-order valence-corrected chi connectivity index (χ1v) is 11.8. The minimum atomic E-state index is -0.982. The van der Waals surface area contributed by atoms with Crippen molar-refractivity contribution in [1.82, 2.24) is 0 Å². The molecule has 162 valence electrons. The van der Waals surface area contributed by atoms with E-state index in [2.05, 4.69) is 39.0 Å². The van der Waals surface area contributed by atoms with Gasteiger partial charge in [-0.05, 0) is 67.6 Å². The fraction of sp³-hybridized carbons (Fsp3) is 0.800. The number of nitriles is 1. The zero-order chi connectivity index (χ0) is 21.2. The Morgan fingerprint density at radius 3 is 2.80 bits per heavy atom. The molecule has 1 saturated heterocycles. The smallest absolute Gasteiger partial charge is 0.327 e. The van der Waals surface area contributed by atoms with Gasteiger partial charge in [0.15, 0.2) is 5.41 Å². The van der Waals surface area contributed by atoms with E-state index in [0.29, 0.717) is 48.3 Å². The molecule has 5 aliphatic rings. The molecule has 3 saturated carbocycles. The summed E-state index contributed by atoms with van der Waals surface area (Å²) in [6.45, 7) is 7.04. The van der Waals surface area contributed by atoms with Crippen molar-refractivity contribution in [2.75, 3.05) is 0 Å². The van der Waals surface area contributed by atoms with Crippen LogP contribution in [0, 0.1) is 64.1 Å². The molecule has 0 aromatic carbocycles. The van der Waals surface area contributed by atoms with Crippen LogP contribution in [0.15, 0.2) is 12.2 Å². The molecule has 2 bridgehead atoms. The van der Waals surface area contributed by atoms with Crippen LogP contribution in [0.5, 0.6) is 0 Å². The van der Waals surface area contributed by atoms with Crippen molar-refractivity contribution in [2.45, 2.75) is 71.5 Å². The lowest BCUT2D eigenvalue weighted by atomic mass is 9.59. The summed E-state index contributed by atoms with van der Waals surface area (Å²) in [6, 6.07) is 2.22. The van der Waals surface area contributed by atoms with Gasteiger partial charge < -0.3 is 9.47 Å². The standard InChI is InChI=1S/C25H33NO4/c1-13-8-17(15(3)21(14(13)2)16-6-4-5-7-16)10-20(27)29-22-18-9-19-23(22)30-24(28)25(19,11-18)12-26/h4,6,13-19,21-23H,5,7-11H2,1-3H3. The number of rotatable bonds is 4. The van der Waals surface area contributed by atoms with E-state index in [1.807, 2.05) is 0 Å². The van der Waals surface area contributed by atoms with Crippen LogP contribution in [0.3, 0.4) is 0 Å². The monoisotopic (exact) mass is 411 g/mol. The molecule has 4 fully saturated rings. The number of carbonyl (C=O) groups excluding carboxylic acids is 2. The van der Waals surface area contributed by atoms with Gasteiger partial charge in [-0.25, -0.2) is 0 Å². The first kappa shape index (κ1) is 20.1. The van der Waals surface area contributed by atoms with E-state index < -0.39 is 17.5 Å². The Balaban J connectivity index is 1.25. The summed E-state index contributed by atoms with van der Waals surface area (Å²) in [5.41, 5.74) is -0.982. The highest BCUT2D eigenvalue weighted by atomic mass is 16.6. The lowest BCUT2D eigenvalue weighted by Gasteiger charge is -2.46. The summed E-state index contributed by atoms with van der Waals surface area (Å²) in [7, 11) is 0. The molecule has 5 rings (SSSR count). The number of esters is 2. The third kappa shape index (κ3) is 2.78. The summed E-state index contributed by atoms with van der Waals surface area (Å²) in [5, 5.41) is 9.55. The number of ether oxygens (including phenoxy) is 2. The molecule has 11 unspecified atom stereocenters. The van der Waals surface area contributed by atoms with Crippen molar-refractivity contribution in [3.8, 4) is 6.07 Å². The zero-order valence-electron chi connectivity index (χ0n) is 18.3. The van der Waals surface area contributed by atoms with Gasteiger partial charge in [0.2, 0.25) is 0 Å². The molecule has 4 aliphatic carbocycles. The molecule has 5 nitrogen and oxygen atoms in total. The molecule has 0 radical (unpaired) electrons. The maximum Gasteiger partial charge on any atom is 0.327 e. The van der Waals surface area contributed by atoms with Gasteiger partial charge in [0.05, 0.1) is 6.07 Å². The van der Waals surface area contributed by atoms with E-state index in [4.69, 9.17) is 9.47 Å². The summed E-state index contributed by atoms with van der Waals surface area (Å²) in [5.74, 6) is 2.78. The van der Waals surface area contributed by atoms with E-state index in [-0.39, 0.29) is 23.9 Å². The number of hydrogen-bond donors (Lipinski definition) is 0. The predicted octanol–water partition coefficient (Wildman–Crippen LogP) is 4.27. The van der Waals surface area contributed by atoms with Crippen molar-refractivity contribution >= 4 is 11.9 Å². The number of hydrogen-bond acceptors (Lipinski definition) is 5. The van der Waals surface area contributed by atoms with Gasteiger partial charge in [0.1, 0.15) is 12.2 Å².